The number of nitrogens with one attached hydrogen (secondary N) is 1. The zero-order valence-electron chi connectivity index (χ0n) is 28.1. The summed E-state index contributed by atoms with van der Waals surface area (Å²) in [6, 6.07) is 47.0. The van der Waals surface area contributed by atoms with E-state index in [4.69, 9.17) is 0 Å². The van der Waals surface area contributed by atoms with Gasteiger partial charge in [0, 0.05) is 28.8 Å². The number of para-hydroxylation sites is 1. The normalized spacial score (nSPS) is 21.7. The molecular formula is C48H40N2. The van der Waals surface area contributed by atoms with Gasteiger partial charge in [0.2, 0.25) is 0 Å². The standard InChI is InChI=1S/C48H40N2/c1-3-14-34(15-4-1)36-28-30-40(31-29-36)49-46-26-9-7-22-42(46)38-19-11-20-39(32-38)43-24-13-25-45-44-23-8-10-27-47(44)50(48(43)45)41-21-12-18-37(33-41)35-16-5-2-6-17-35/h1-28,30,32-33,42,44,46-47,49H,29,31H2. The smallest absolute Gasteiger partial charge is 0.0629 e. The highest BCUT2D eigenvalue weighted by Gasteiger charge is 2.39. The van der Waals surface area contributed by atoms with Crippen LogP contribution in [0.4, 0.5) is 11.4 Å². The summed E-state index contributed by atoms with van der Waals surface area (Å²) in [6.45, 7) is 0. The summed E-state index contributed by atoms with van der Waals surface area (Å²) in [4.78, 5) is 2.58. The van der Waals surface area contributed by atoms with Crippen molar-refractivity contribution in [1.82, 2.24) is 5.32 Å². The zero-order valence-corrected chi connectivity index (χ0v) is 28.1. The summed E-state index contributed by atoms with van der Waals surface area (Å²) in [5.41, 5.74) is 14.3. The Kier molecular flexibility index (Phi) is 7.99. The molecule has 0 bridgehead atoms. The molecule has 5 aromatic carbocycles. The van der Waals surface area contributed by atoms with Crippen LogP contribution in [0, 0.1) is 0 Å². The van der Waals surface area contributed by atoms with E-state index in [9.17, 15) is 0 Å². The van der Waals surface area contributed by atoms with Crippen LogP contribution in [0.5, 0.6) is 0 Å². The third-order valence-electron chi connectivity index (χ3n) is 10.7. The van der Waals surface area contributed by atoms with Crippen LogP contribution in [0.3, 0.4) is 0 Å². The number of rotatable bonds is 7. The summed E-state index contributed by atoms with van der Waals surface area (Å²) < 4.78 is 0. The average Bonchev–Trinajstić information content (AvgIpc) is 3.54. The molecule has 2 nitrogen and oxygen atoms in total. The fourth-order valence-corrected chi connectivity index (χ4v) is 8.22. The predicted octanol–water partition coefficient (Wildman–Crippen LogP) is 11.7. The van der Waals surface area contributed by atoms with Gasteiger partial charge < -0.3 is 10.2 Å². The zero-order chi connectivity index (χ0) is 33.3. The van der Waals surface area contributed by atoms with Crippen molar-refractivity contribution in [1.29, 1.82) is 0 Å². The van der Waals surface area contributed by atoms with E-state index < -0.39 is 0 Å². The molecule has 1 N–H and O–H groups in total. The van der Waals surface area contributed by atoms with Crippen LogP contribution < -0.4 is 10.2 Å². The van der Waals surface area contributed by atoms with Gasteiger partial charge in [0.1, 0.15) is 0 Å². The molecule has 242 valence electrons. The second kappa shape index (κ2) is 13.2. The third-order valence-corrected chi connectivity index (χ3v) is 10.7. The van der Waals surface area contributed by atoms with Gasteiger partial charge in [-0.2, -0.15) is 0 Å². The van der Waals surface area contributed by atoms with Gasteiger partial charge in [0.25, 0.3) is 0 Å². The maximum absolute atomic E-state index is 3.92. The monoisotopic (exact) mass is 644 g/mol. The molecule has 0 spiro atoms. The maximum atomic E-state index is 3.92. The maximum Gasteiger partial charge on any atom is 0.0629 e. The minimum atomic E-state index is 0.185. The quantitative estimate of drug-likeness (QED) is 0.190. The molecule has 0 saturated carbocycles. The Labute approximate surface area is 295 Å². The Morgan fingerprint density at radius 2 is 1.22 bits per heavy atom. The summed E-state index contributed by atoms with van der Waals surface area (Å²) >= 11 is 0. The van der Waals surface area contributed by atoms with Gasteiger partial charge in [-0.1, -0.05) is 170 Å². The molecule has 0 aromatic heterocycles. The Morgan fingerprint density at radius 3 is 2.04 bits per heavy atom. The number of benzene rings is 5. The summed E-state index contributed by atoms with van der Waals surface area (Å²) in [6.07, 6.45) is 24.8. The molecule has 4 aliphatic rings. The molecule has 9 rings (SSSR count). The van der Waals surface area contributed by atoms with Gasteiger partial charge >= 0.3 is 0 Å². The predicted molar refractivity (Wildman–Crippen MR) is 210 cm³/mol. The van der Waals surface area contributed by atoms with Crippen LogP contribution in [0.1, 0.15) is 41.4 Å². The Balaban J connectivity index is 1.06. The van der Waals surface area contributed by atoms with Crippen molar-refractivity contribution < 1.29 is 0 Å². The molecular weight excluding hydrogens is 605 g/mol. The second-order valence-electron chi connectivity index (χ2n) is 13.7. The molecule has 0 amide bonds. The molecule has 3 aliphatic carbocycles. The lowest BCUT2D eigenvalue weighted by atomic mass is 9.85. The van der Waals surface area contributed by atoms with Gasteiger partial charge in [-0.25, -0.2) is 0 Å². The summed E-state index contributed by atoms with van der Waals surface area (Å²) in [5.74, 6) is 0.531. The van der Waals surface area contributed by atoms with E-state index in [1.165, 1.54) is 61.6 Å². The first-order valence-electron chi connectivity index (χ1n) is 17.9. The van der Waals surface area contributed by atoms with E-state index in [-0.39, 0.29) is 18.0 Å². The molecule has 4 unspecified atom stereocenters. The number of allylic oxidation sites excluding steroid dienone is 8. The van der Waals surface area contributed by atoms with Crippen molar-refractivity contribution in [3.63, 3.8) is 0 Å². The third kappa shape index (κ3) is 5.67. The topological polar surface area (TPSA) is 15.3 Å². The molecule has 2 heteroatoms. The van der Waals surface area contributed by atoms with Gasteiger partial charge in [0.15, 0.2) is 0 Å². The van der Waals surface area contributed by atoms with E-state index in [0.717, 1.165) is 12.8 Å². The van der Waals surface area contributed by atoms with Crippen molar-refractivity contribution in [2.24, 2.45) is 0 Å². The molecule has 5 aromatic rings. The molecule has 4 atom stereocenters. The Hall–Kier alpha value is -5.86. The van der Waals surface area contributed by atoms with Crippen LogP contribution in [-0.4, -0.2) is 12.1 Å². The Morgan fingerprint density at radius 1 is 0.520 bits per heavy atom. The average molecular weight is 645 g/mol. The van der Waals surface area contributed by atoms with Crippen LogP contribution in [0.15, 0.2) is 194 Å². The summed E-state index contributed by atoms with van der Waals surface area (Å²) in [5, 5.41) is 3.92. The lowest BCUT2D eigenvalue weighted by Crippen LogP contribution is -2.33. The molecule has 0 saturated heterocycles. The molecule has 1 heterocycles. The van der Waals surface area contributed by atoms with E-state index in [1.54, 1.807) is 0 Å². The fourth-order valence-electron chi connectivity index (χ4n) is 8.22. The van der Waals surface area contributed by atoms with E-state index >= 15 is 0 Å². The van der Waals surface area contributed by atoms with Gasteiger partial charge in [-0.3, -0.25) is 0 Å². The lowest BCUT2D eigenvalue weighted by Gasteiger charge is -2.31. The number of hydrogen-bond acceptors (Lipinski definition) is 2. The molecule has 50 heavy (non-hydrogen) atoms. The number of hydrogen-bond donors (Lipinski definition) is 1. The lowest BCUT2D eigenvalue weighted by molar-refractivity contribution is 0.588. The van der Waals surface area contributed by atoms with E-state index in [1.807, 2.05) is 0 Å². The van der Waals surface area contributed by atoms with Crippen LogP contribution >= 0.6 is 0 Å². The summed E-state index contributed by atoms with van der Waals surface area (Å²) in [7, 11) is 0. The molecule has 1 aliphatic heterocycles. The Bertz CT molecular complexity index is 2220. The fraction of sp³-hybridized carbons (Fsp3) is 0.125. The number of fused-ring (bicyclic) bond motifs is 3. The second-order valence-corrected chi connectivity index (χ2v) is 13.7. The van der Waals surface area contributed by atoms with Crippen LogP contribution in [-0.2, 0) is 0 Å². The van der Waals surface area contributed by atoms with Gasteiger partial charge in [0.05, 0.1) is 17.8 Å². The highest BCUT2D eigenvalue weighted by Crippen LogP contribution is 2.52. The van der Waals surface area contributed by atoms with Gasteiger partial charge in [-0.05, 0) is 70.0 Å². The van der Waals surface area contributed by atoms with Crippen LogP contribution in [0.2, 0.25) is 0 Å². The number of anilines is 2. The molecule has 0 radical (unpaired) electrons. The minimum Gasteiger partial charge on any atom is -0.381 e. The van der Waals surface area contributed by atoms with Crippen molar-refractivity contribution in [3.8, 4) is 22.3 Å². The van der Waals surface area contributed by atoms with E-state index in [2.05, 4.69) is 198 Å². The van der Waals surface area contributed by atoms with Crippen LogP contribution in [0.25, 0.3) is 27.8 Å². The van der Waals surface area contributed by atoms with Crippen molar-refractivity contribution in [2.45, 2.75) is 36.8 Å². The molecule has 0 fully saturated rings. The SMILES string of the molecule is C1=CC(NC2=CC=C(c3ccccc3)CC2)C(c2cccc(-c3cccc4c3N(c3cccc(-c5ccccc5)c3)C3C=CC=CC43)c2)C=C1. The first-order valence-corrected chi connectivity index (χ1v) is 17.9. The minimum absolute atomic E-state index is 0.185. The highest BCUT2D eigenvalue weighted by molar-refractivity contribution is 5.90. The highest BCUT2D eigenvalue weighted by atomic mass is 15.2. The van der Waals surface area contributed by atoms with Crippen molar-refractivity contribution in [3.05, 3.63) is 211 Å². The van der Waals surface area contributed by atoms with Crippen molar-refractivity contribution in [2.75, 3.05) is 4.90 Å². The number of nitrogens with zero attached hydrogens (tertiary/aromatic N) is 1. The first kappa shape index (κ1) is 30.2. The van der Waals surface area contributed by atoms with Crippen molar-refractivity contribution >= 4 is 16.9 Å². The van der Waals surface area contributed by atoms with Gasteiger partial charge in [-0.15, -0.1) is 0 Å². The van der Waals surface area contributed by atoms with E-state index in [0.29, 0.717) is 5.92 Å². The largest absolute Gasteiger partial charge is 0.381 e. The first-order chi connectivity index (χ1) is 24.8.